The van der Waals surface area contributed by atoms with Crippen molar-refractivity contribution in [2.24, 2.45) is 5.92 Å². The molecule has 1 unspecified atom stereocenters. The molecule has 0 heterocycles. The fourth-order valence-corrected chi connectivity index (χ4v) is 2.39. The Morgan fingerprint density at radius 2 is 2.06 bits per heavy atom. The molecule has 1 aromatic carbocycles. The largest absolute Gasteiger partial charge is 0.319 e. The van der Waals surface area contributed by atoms with Crippen LogP contribution in [0.4, 0.5) is 8.78 Å². The second kappa shape index (κ2) is 7.07. The minimum absolute atomic E-state index is 0.188. The molecule has 0 saturated heterocycles. The summed E-state index contributed by atoms with van der Waals surface area (Å²) in [5, 5.41) is 3.07. The lowest BCUT2D eigenvalue weighted by atomic mass is 9.94. The maximum Gasteiger partial charge on any atom is 0.143 e. The smallest absolute Gasteiger partial charge is 0.143 e. The Balaban J connectivity index is 2.88. The van der Waals surface area contributed by atoms with Crippen LogP contribution >= 0.6 is 15.9 Å². The third-order valence-corrected chi connectivity index (χ3v) is 3.43. The molecule has 0 fully saturated rings. The van der Waals surface area contributed by atoms with E-state index in [9.17, 15) is 8.78 Å². The molecule has 0 bridgehead atoms. The van der Waals surface area contributed by atoms with Crippen LogP contribution in [0.15, 0.2) is 16.6 Å². The zero-order valence-electron chi connectivity index (χ0n) is 10.2. The molecule has 1 N–H and O–H groups in total. The van der Waals surface area contributed by atoms with Crippen molar-refractivity contribution in [3.63, 3.8) is 0 Å². The maximum absolute atomic E-state index is 13.8. The van der Waals surface area contributed by atoms with Gasteiger partial charge in [0.05, 0.1) is 4.47 Å². The summed E-state index contributed by atoms with van der Waals surface area (Å²) in [4.78, 5) is 0. The SMILES string of the molecule is CCCC(CNC)Cc1c(F)ccc(Br)c1F. The van der Waals surface area contributed by atoms with E-state index in [0.29, 0.717) is 10.9 Å². The second-order valence-corrected chi connectivity index (χ2v) is 5.09. The topological polar surface area (TPSA) is 12.0 Å². The molecule has 0 amide bonds. The first-order chi connectivity index (χ1) is 8.10. The van der Waals surface area contributed by atoms with E-state index in [1.165, 1.54) is 12.1 Å². The molecule has 0 aliphatic rings. The van der Waals surface area contributed by atoms with Gasteiger partial charge in [-0.3, -0.25) is 0 Å². The van der Waals surface area contributed by atoms with Gasteiger partial charge in [-0.25, -0.2) is 8.78 Å². The first-order valence-electron chi connectivity index (χ1n) is 5.87. The van der Waals surface area contributed by atoms with Crippen molar-refractivity contribution >= 4 is 15.9 Å². The fraction of sp³-hybridized carbons (Fsp3) is 0.538. The Labute approximate surface area is 110 Å². The number of benzene rings is 1. The highest BCUT2D eigenvalue weighted by Crippen LogP contribution is 2.25. The van der Waals surface area contributed by atoms with Crippen LogP contribution in [-0.4, -0.2) is 13.6 Å². The summed E-state index contributed by atoms with van der Waals surface area (Å²) in [6, 6.07) is 2.71. The Hall–Kier alpha value is -0.480. The van der Waals surface area contributed by atoms with E-state index in [1.54, 1.807) is 0 Å². The van der Waals surface area contributed by atoms with Gasteiger partial charge in [-0.1, -0.05) is 13.3 Å². The highest BCUT2D eigenvalue weighted by Gasteiger charge is 2.17. The quantitative estimate of drug-likeness (QED) is 0.786. The van der Waals surface area contributed by atoms with Crippen LogP contribution in [0.3, 0.4) is 0 Å². The van der Waals surface area contributed by atoms with Gasteiger partial charge in [0.15, 0.2) is 0 Å². The average Bonchev–Trinajstić information content (AvgIpc) is 2.30. The highest BCUT2D eigenvalue weighted by molar-refractivity contribution is 9.10. The lowest BCUT2D eigenvalue weighted by molar-refractivity contribution is 0.433. The molecule has 17 heavy (non-hydrogen) atoms. The lowest BCUT2D eigenvalue weighted by Crippen LogP contribution is -2.21. The van der Waals surface area contributed by atoms with Gasteiger partial charge in [0, 0.05) is 5.56 Å². The van der Waals surface area contributed by atoms with Gasteiger partial charge in [-0.2, -0.15) is 0 Å². The number of nitrogens with one attached hydrogen (secondary N) is 1. The molecule has 1 atom stereocenters. The Bertz CT molecular complexity index is 363. The van der Waals surface area contributed by atoms with E-state index >= 15 is 0 Å². The molecule has 1 nitrogen and oxygen atoms in total. The van der Waals surface area contributed by atoms with E-state index in [2.05, 4.69) is 28.2 Å². The molecular formula is C13H18BrF2N. The van der Waals surface area contributed by atoms with E-state index in [4.69, 9.17) is 0 Å². The van der Waals surface area contributed by atoms with Crippen LogP contribution in [-0.2, 0) is 6.42 Å². The van der Waals surface area contributed by atoms with Crippen molar-refractivity contribution in [1.82, 2.24) is 5.32 Å². The fourth-order valence-electron chi connectivity index (χ4n) is 2.02. The first-order valence-corrected chi connectivity index (χ1v) is 6.66. The van der Waals surface area contributed by atoms with Gasteiger partial charge in [0.25, 0.3) is 0 Å². The molecule has 0 aromatic heterocycles. The Kier molecular flexibility index (Phi) is 6.06. The third-order valence-electron chi connectivity index (χ3n) is 2.82. The van der Waals surface area contributed by atoms with Gasteiger partial charge in [-0.05, 0) is 60.4 Å². The van der Waals surface area contributed by atoms with E-state index in [0.717, 1.165) is 19.4 Å². The van der Waals surface area contributed by atoms with Crippen LogP contribution in [0.25, 0.3) is 0 Å². The van der Waals surface area contributed by atoms with Crippen molar-refractivity contribution in [2.45, 2.75) is 26.2 Å². The normalized spacial score (nSPS) is 12.8. The molecule has 1 rings (SSSR count). The summed E-state index contributed by atoms with van der Waals surface area (Å²) in [5.41, 5.74) is 0.188. The highest BCUT2D eigenvalue weighted by atomic mass is 79.9. The van der Waals surface area contributed by atoms with Crippen molar-refractivity contribution in [3.8, 4) is 0 Å². The molecule has 4 heteroatoms. The van der Waals surface area contributed by atoms with Crippen molar-refractivity contribution in [1.29, 1.82) is 0 Å². The molecule has 0 spiro atoms. The van der Waals surface area contributed by atoms with Crippen LogP contribution in [0.5, 0.6) is 0 Å². The summed E-state index contributed by atoms with van der Waals surface area (Å²) in [5.74, 6) is -0.659. The molecule has 0 aliphatic carbocycles. The zero-order valence-corrected chi connectivity index (χ0v) is 11.8. The Morgan fingerprint density at radius 3 is 2.65 bits per heavy atom. The minimum atomic E-state index is -0.470. The maximum atomic E-state index is 13.8. The van der Waals surface area contributed by atoms with Crippen LogP contribution in [0.2, 0.25) is 0 Å². The monoisotopic (exact) mass is 305 g/mol. The predicted molar refractivity (Wildman–Crippen MR) is 70.1 cm³/mol. The first kappa shape index (κ1) is 14.6. The Morgan fingerprint density at radius 1 is 1.35 bits per heavy atom. The summed E-state index contributed by atoms with van der Waals surface area (Å²) in [6.45, 7) is 2.86. The van der Waals surface area contributed by atoms with Crippen molar-refractivity contribution in [2.75, 3.05) is 13.6 Å². The number of hydrogen-bond acceptors (Lipinski definition) is 1. The predicted octanol–water partition coefficient (Wildman–Crippen LogP) is 3.91. The summed E-state index contributed by atoms with van der Waals surface area (Å²) < 4.78 is 27.7. The standard InChI is InChI=1S/C13H18BrF2N/c1-3-4-9(8-17-2)7-10-12(15)6-5-11(14)13(10)16/h5-6,9,17H,3-4,7-8H2,1-2H3. The van der Waals surface area contributed by atoms with Gasteiger partial charge in [-0.15, -0.1) is 0 Å². The molecule has 1 aromatic rings. The summed E-state index contributed by atoms with van der Waals surface area (Å²) in [6.07, 6.45) is 2.42. The van der Waals surface area contributed by atoms with Crippen LogP contribution < -0.4 is 5.32 Å². The molecule has 96 valence electrons. The summed E-state index contributed by atoms with van der Waals surface area (Å²) in [7, 11) is 1.86. The second-order valence-electron chi connectivity index (χ2n) is 4.24. The number of rotatable bonds is 6. The zero-order chi connectivity index (χ0) is 12.8. The van der Waals surface area contributed by atoms with E-state index in [1.807, 2.05) is 7.05 Å². The van der Waals surface area contributed by atoms with E-state index < -0.39 is 11.6 Å². The van der Waals surface area contributed by atoms with E-state index in [-0.39, 0.29) is 11.5 Å². The number of halogens is 3. The molecule has 0 radical (unpaired) electrons. The summed E-state index contributed by atoms with van der Waals surface area (Å²) >= 11 is 3.09. The molecule has 0 aliphatic heterocycles. The van der Waals surface area contributed by atoms with Crippen molar-refractivity contribution in [3.05, 3.63) is 33.8 Å². The minimum Gasteiger partial charge on any atom is -0.319 e. The molecular weight excluding hydrogens is 288 g/mol. The van der Waals surface area contributed by atoms with Crippen molar-refractivity contribution < 1.29 is 8.78 Å². The van der Waals surface area contributed by atoms with Gasteiger partial charge >= 0.3 is 0 Å². The molecule has 0 saturated carbocycles. The lowest BCUT2D eigenvalue weighted by Gasteiger charge is -2.17. The average molecular weight is 306 g/mol. The van der Waals surface area contributed by atoms with Crippen LogP contribution in [0, 0.1) is 17.6 Å². The van der Waals surface area contributed by atoms with Gasteiger partial charge in [0.2, 0.25) is 0 Å². The van der Waals surface area contributed by atoms with Crippen LogP contribution in [0.1, 0.15) is 25.3 Å². The number of hydrogen-bond donors (Lipinski definition) is 1. The van der Waals surface area contributed by atoms with Gasteiger partial charge in [0.1, 0.15) is 11.6 Å². The third kappa shape index (κ3) is 4.03. The van der Waals surface area contributed by atoms with Gasteiger partial charge < -0.3 is 5.32 Å².